The van der Waals surface area contributed by atoms with Crippen LogP contribution in [-0.2, 0) is 49.7 Å². The maximum atomic E-state index is 12.8. The number of ether oxygens (including phenoxy) is 1. The van der Waals surface area contributed by atoms with E-state index in [1.807, 2.05) is 0 Å². The van der Waals surface area contributed by atoms with E-state index in [4.69, 9.17) is 9.29 Å². The first-order valence-electron chi connectivity index (χ1n) is 15.1. The van der Waals surface area contributed by atoms with Crippen LogP contribution in [0.5, 0.6) is 23.1 Å². The zero-order valence-corrected chi connectivity index (χ0v) is 31.8. The van der Waals surface area contributed by atoms with E-state index in [9.17, 15) is 68.0 Å². The molecule has 0 bridgehead atoms. The van der Waals surface area contributed by atoms with Crippen LogP contribution in [0.1, 0.15) is 10.5 Å². The Morgan fingerprint density at radius 1 is 0.776 bits per heavy atom. The molecule has 0 saturated heterocycles. The Balaban J connectivity index is 1.52. The molecule has 25 nitrogen and oxygen atoms in total. The third kappa shape index (κ3) is 9.50. The summed E-state index contributed by atoms with van der Waals surface area (Å²) in [6, 6.07) is 9.96. The van der Waals surface area contributed by atoms with Gasteiger partial charge >= 0.3 is 16.4 Å². The number of carbonyl (C=O) groups is 1. The number of carboxylic acids is 1. The first-order valence-corrected chi connectivity index (χ1v) is 21.0. The Bertz CT molecular complexity index is 2990. The highest BCUT2D eigenvalue weighted by Crippen LogP contribution is 2.44. The van der Waals surface area contributed by atoms with Gasteiger partial charge in [0.05, 0.1) is 35.7 Å². The lowest BCUT2D eigenvalue weighted by Crippen LogP contribution is -2.15. The molecule has 0 aliphatic carbocycles. The first kappa shape index (κ1) is 43.0. The number of fused-ring (bicyclic) bond motifs is 1. The van der Waals surface area contributed by atoms with Crippen LogP contribution >= 0.6 is 0 Å². The number of nitrogens with zero attached hydrogens (tertiary/aromatic N) is 6. The molecule has 1 heterocycles. The predicted molar refractivity (Wildman–Crippen MR) is 191 cm³/mol. The zero-order valence-electron chi connectivity index (χ0n) is 28.5. The van der Waals surface area contributed by atoms with Crippen molar-refractivity contribution in [2.45, 2.75) is 14.7 Å². The van der Waals surface area contributed by atoms with Crippen molar-refractivity contribution < 1.29 is 86.5 Å². The van der Waals surface area contributed by atoms with Gasteiger partial charge in [-0.3, -0.25) is 13.7 Å². The fraction of sp³-hybridized carbons (Fsp3) is 0.103. The van der Waals surface area contributed by atoms with Gasteiger partial charge in [0.15, 0.2) is 21.3 Å². The number of hydrogen-bond acceptors (Lipinski definition) is 20. The lowest BCUT2D eigenvalue weighted by Gasteiger charge is -2.12. The summed E-state index contributed by atoms with van der Waals surface area (Å²) in [7, 11) is -18.2. The monoisotopic (exact) mass is 888 g/mol. The van der Waals surface area contributed by atoms with E-state index >= 15 is 0 Å². The van der Waals surface area contributed by atoms with Crippen molar-refractivity contribution in [3.05, 3.63) is 66.4 Å². The lowest BCUT2D eigenvalue weighted by molar-refractivity contribution is -0.202. The SMILES string of the molecule is COc1cc(N=Nc2c(S(=O)(=O)O)cc3ccc(N=Nc4c(C(=O)O)nn(-c5ccc(S(=O)(=O)O)cc5)c4O)cc3c2O)c(O)cc1S(=O)(=O)CCOOS(=O)(=O)O. The highest BCUT2D eigenvalue weighted by atomic mass is 32.3. The Kier molecular flexibility index (Phi) is 11.8. The van der Waals surface area contributed by atoms with Crippen molar-refractivity contribution in [2.24, 2.45) is 20.5 Å². The molecule has 0 radical (unpaired) electrons. The number of carboxylic acid groups (broad SMARTS) is 1. The molecule has 308 valence electrons. The zero-order chi connectivity index (χ0) is 43.0. The standard InChI is InChI=1S/C29H24N6O19S4/c1-52-21-12-19(20(36)13-22(21)55(41,42)9-8-53-54-58(49,50)51)31-32-24-23(57(46,47)48)10-14-2-3-15(11-18(14)27(24)37)30-33-25-26(29(39)40)34-35(28(25)38)16-4-6-17(7-5-16)56(43,44)45/h2-7,10-13,36-38H,8-9H2,1H3,(H,39,40)(H,43,44,45)(H,46,47,48)(H,49,50,51). The van der Waals surface area contributed by atoms with E-state index in [0.29, 0.717) is 10.7 Å². The molecule has 4 aromatic carbocycles. The summed E-state index contributed by atoms with van der Waals surface area (Å²) < 4.78 is 131. The van der Waals surface area contributed by atoms with Crippen LogP contribution < -0.4 is 4.74 Å². The summed E-state index contributed by atoms with van der Waals surface area (Å²) in [5.41, 5.74) is -3.16. The summed E-state index contributed by atoms with van der Waals surface area (Å²) in [5.74, 6) is -5.79. The van der Waals surface area contributed by atoms with E-state index < -0.39 is 119 Å². The Labute approximate surface area is 325 Å². The van der Waals surface area contributed by atoms with E-state index in [1.165, 1.54) is 12.1 Å². The number of sulfone groups is 1. The molecule has 0 aliphatic heterocycles. The van der Waals surface area contributed by atoms with Crippen molar-refractivity contribution >= 4 is 80.0 Å². The molecule has 0 spiro atoms. The minimum absolute atomic E-state index is 0.0386. The van der Waals surface area contributed by atoms with Crippen LogP contribution in [0.2, 0.25) is 0 Å². The van der Waals surface area contributed by atoms with Gasteiger partial charge in [0.2, 0.25) is 11.6 Å². The van der Waals surface area contributed by atoms with Gasteiger partial charge in [0.1, 0.15) is 32.7 Å². The number of azo groups is 2. The molecule has 5 rings (SSSR count). The number of methoxy groups -OCH3 is 1. The van der Waals surface area contributed by atoms with Crippen LogP contribution in [0.4, 0.5) is 22.7 Å². The summed E-state index contributed by atoms with van der Waals surface area (Å²) in [4.78, 5) is 13.9. The molecule has 0 unspecified atom stereocenters. The van der Waals surface area contributed by atoms with E-state index in [0.717, 1.165) is 49.6 Å². The van der Waals surface area contributed by atoms with Crippen LogP contribution in [0.25, 0.3) is 16.5 Å². The average molecular weight is 889 g/mol. The van der Waals surface area contributed by atoms with Gasteiger partial charge in [-0.2, -0.15) is 40.1 Å². The van der Waals surface area contributed by atoms with E-state index in [2.05, 4.69) is 34.8 Å². The van der Waals surface area contributed by atoms with Gasteiger partial charge in [-0.15, -0.1) is 15.3 Å². The summed E-state index contributed by atoms with van der Waals surface area (Å²) >= 11 is 0. The number of hydrogen-bond donors (Lipinski definition) is 7. The van der Waals surface area contributed by atoms with Crippen molar-refractivity contribution in [3.63, 3.8) is 0 Å². The molecular formula is C29H24N6O19S4. The Hall–Kier alpha value is -6.18. The molecule has 0 fully saturated rings. The van der Waals surface area contributed by atoms with Gasteiger partial charge in [0, 0.05) is 17.5 Å². The third-order valence-electron chi connectivity index (χ3n) is 7.42. The van der Waals surface area contributed by atoms with Crippen LogP contribution in [0.3, 0.4) is 0 Å². The van der Waals surface area contributed by atoms with Gasteiger partial charge in [0.25, 0.3) is 20.2 Å². The van der Waals surface area contributed by atoms with E-state index in [-0.39, 0.29) is 22.1 Å². The number of benzene rings is 4. The molecule has 0 atom stereocenters. The van der Waals surface area contributed by atoms with Gasteiger partial charge in [-0.25, -0.2) is 18.1 Å². The normalized spacial score (nSPS) is 12.8. The van der Waals surface area contributed by atoms with Gasteiger partial charge in [-0.1, -0.05) is 10.4 Å². The number of aromatic carboxylic acids is 1. The van der Waals surface area contributed by atoms with Crippen molar-refractivity contribution in [1.29, 1.82) is 0 Å². The number of aromatic nitrogens is 2. The van der Waals surface area contributed by atoms with Crippen LogP contribution in [-0.4, -0.2) is 103 Å². The molecule has 7 N–H and O–H groups in total. The fourth-order valence-electron chi connectivity index (χ4n) is 4.84. The first-order chi connectivity index (χ1) is 26.9. The largest absolute Gasteiger partial charge is 0.506 e. The van der Waals surface area contributed by atoms with Gasteiger partial charge in [-0.05, 0) is 47.9 Å². The minimum atomic E-state index is -5.16. The Morgan fingerprint density at radius 3 is 2.02 bits per heavy atom. The number of rotatable bonds is 15. The molecular weight excluding hydrogens is 865 g/mol. The average Bonchev–Trinajstić information content (AvgIpc) is 3.47. The number of aromatic hydroxyl groups is 3. The smallest absolute Gasteiger partial charge is 0.424 e. The summed E-state index contributed by atoms with van der Waals surface area (Å²) in [6.07, 6.45) is 0. The highest BCUT2D eigenvalue weighted by molar-refractivity contribution is 7.91. The van der Waals surface area contributed by atoms with Crippen LogP contribution in [0.15, 0.2) is 95.8 Å². The minimum Gasteiger partial charge on any atom is -0.506 e. The predicted octanol–water partition coefficient (Wildman–Crippen LogP) is 3.70. The number of phenols is 2. The maximum absolute atomic E-state index is 12.8. The maximum Gasteiger partial charge on any atom is 0.424 e. The van der Waals surface area contributed by atoms with Crippen LogP contribution in [0, 0.1) is 0 Å². The second-order valence-electron chi connectivity index (χ2n) is 11.2. The molecule has 0 aliphatic rings. The summed E-state index contributed by atoms with van der Waals surface area (Å²) in [5, 5.41) is 60.7. The van der Waals surface area contributed by atoms with Crippen molar-refractivity contribution in [2.75, 3.05) is 19.5 Å². The molecule has 0 saturated carbocycles. The quantitative estimate of drug-likeness (QED) is 0.0259. The van der Waals surface area contributed by atoms with Gasteiger partial charge < -0.3 is 25.2 Å². The molecule has 5 aromatic rings. The van der Waals surface area contributed by atoms with Crippen molar-refractivity contribution in [3.8, 4) is 28.8 Å². The lowest BCUT2D eigenvalue weighted by atomic mass is 10.1. The summed E-state index contributed by atoms with van der Waals surface area (Å²) in [6.45, 7) is -0.911. The van der Waals surface area contributed by atoms with E-state index in [1.54, 1.807) is 0 Å². The molecule has 29 heteroatoms. The molecule has 1 aromatic heterocycles. The molecule has 0 amide bonds. The third-order valence-corrected chi connectivity index (χ3v) is 11.1. The molecule has 58 heavy (non-hydrogen) atoms. The Morgan fingerprint density at radius 2 is 1.43 bits per heavy atom. The second-order valence-corrected chi connectivity index (χ2v) is 17.1. The highest BCUT2D eigenvalue weighted by Gasteiger charge is 2.27. The second kappa shape index (κ2) is 16.0. The topological polar surface area (TPSA) is 390 Å². The number of phenolic OH excluding ortho intramolecular Hbond substituents is 2. The van der Waals surface area contributed by atoms with Crippen molar-refractivity contribution in [1.82, 2.24) is 9.78 Å². The fourth-order valence-corrected chi connectivity index (χ4v) is 7.42.